The van der Waals surface area contributed by atoms with Crippen LogP contribution in [0.15, 0.2) is 78.9 Å². The van der Waals surface area contributed by atoms with Crippen LogP contribution in [0.1, 0.15) is 47.2 Å². The van der Waals surface area contributed by atoms with E-state index in [9.17, 15) is 19.5 Å². The third kappa shape index (κ3) is 5.87. The number of likely N-dealkylation sites (tertiary alicyclic amines) is 1. The van der Waals surface area contributed by atoms with Gasteiger partial charge in [0.2, 0.25) is 5.91 Å². The molecule has 1 fully saturated rings. The largest absolute Gasteiger partial charge is 0.550 e. The van der Waals surface area contributed by atoms with Gasteiger partial charge in [0.05, 0.1) is 18.6 Å². The molecule has 2 unspecified atom stereocenters. The van der Waals surface area contributed by atoms with Crippen molar-refractivity contribution in [3.05, 3.63) is 101 Å². The summed E-state index contributed by atoms with van der Waals surface area (Å²) in [4.78, 5) is 38.7. The van der Waals surface area contributed by atoms with Crippen LogP contribution < -0.4 is 15.7 Å². The molecule has 35 heavy (non-hydrogen) atoms. The minimum absolute atomic E-state index is 0.0694. The molecule has 7 nitrogen and oxygen atoms in total. The summed E-state index contributed by atoms with van der Waals surface area (Å²) in [5.74, 6) is -1.36. The van der Waals surface area contributed by atoms with Gasteiger partial charge in [-0.1, -0.05) is 66.7 Å². The van der Waals surface area contributed by atoms with Crippen molar-refractivity contribution < 1.29 is 19.5 Å². The predicted octanol–water partition coefficient (Wildman–Crippen LogP) is 3.51. The number of aryl methyl sites for hydroxylation is 1. The first kappa shape index (κ1) is 24.0. The molecule has 0 bridgehead atoms. The van der Waals surface area contributed by atoms with Gasteiger partial charge < -0.3 is 25.4 Å². The highest BCUT2D eigenvalue weighted by Gasteiger charge is 2.38. The van der Waals surface area contributed by atoms with E-state index >= 15 is 0 Å². The van der Waals surface area contributed by atoms with Crippen molar-refractivity contribution in [3.63, 3.8) is 0 Å². The van der Waals surface area contributed by atoms with Gasteiger partial charge in [0.15, 0.2) is 0 Å². The summed E-state index contributed by atoms with van der Waals surface area (Å²) in [6, 6.07) is 23.9. The van der Waals surface area contributed by atoms with Crippen LogP contribution in [0.25, 0.3) is 0 Å². The minimum atomic E-state index is -1.20. The number of hydrogen-bond acceptors (Lipinski definition) is 4. The first-order valence-corrected chi connectivity index (χ1v) is 11.7. The molecule has 3 aromatic carbocycles. The number of carbonyl (C=O) groups excluding carboxylic acids is 3. The van der Waals surface area contributed by atoms with E-state index < -0.39 is 12.0 Å². The fourth-order valence-corrected chi connectivity index (χ4v) is 4.78. The Balaban J connectivity index is 1.47. The van der Waals surface area contributed by atoms with E-state index in [0.717, 1.165) is 29.5 Å². The SMILES string of the molecule is Cc1ccccc1C1CCC(c2ccccc2)N1C(=O)CNC(=O)Nc1cccc(CC(=O)[O-])c1. The highest BCUT2D eigenvalue weighted by atomic mass is 16.4. The molecule has 3 aromatic rings. The second kappa shape index (κ2) is 10.9. The van der Waals surface area contributed by atoms with Gasteiger partial charge in [0.1, 0.15) is 0 Å². The Hall–Kier alpha value is -4.13. The number of carboxylic acid groups (broad SMARTS) is 1. The normalized spacial score (nSPS) is 17.1. The number of benzene rings is 3. The summed E-state index contributed by atoms with van der Waals surface area (Å²) in [7, 11) is 0. The summed E-state index contributed by atoms with van der Waals surface area (Å²) in [5, 5.41) is 16.2. The van der Waals surface area contributed by atoms with E-state index in [1.807, 2.05) is 60.4 Å². The molecular weight excluding hydrogens is 442 g/mol. The standard InChI is InChI=1S/C28H29N3O4/c1-19-8-5-6-13-23(19)25-15-14-24(21-10-3-2-4-11-21)31(25)26(32)18-29-28(35)30-22-12-7-9-20(16-22)17-27(33)34/h2-13,16,24-25H,14-15,17-18H2,1H3,(H,33,34)(H2,29,30,35)/p-1. The molecule has 4 rings (SSSR count). The molecule has 0 aromatic heterocycles. The number of nitrogens with zero attached hydrogens (tertiary/aromatic N) is 1. The van der Waals surface area contributed by atoms with E-state index in [-0.39, 0.29) is 31.0 Å². The average molecular weight is 471 g/mol. The Kier molecular flexibility index (Phi) is 7.45. The van der Waals surface area contributed by atoms with Crippen LogP contribution in [-0.2, 0) is 16.0 Å². The lowest BCUT2D eigenvalue weighted by atomic mass is 9.99. The number of urea groups is 1. The van der Waals surface area contributed by atoms with Gasteiger partial charge >= 0.3 is 6.03 Å². The fraction of sp³-hybridized carbons (Fsp3) is 0.250. The number of hydrogen-bond donors (Lipinski definition) is 2. The van der Waals surface area contributed by atoms with Crippen LogP contribution in [0, 0.1) is 6.92 Å². The third-order valence-electron chi connectivity index (χ3n) is 6.34. The van der Waals surface area contributed by atoms with Gasteiger partial charge in [0, 0.05) is 18.1 Å². The minimum Gasteiger partial charge on any atom is -0.550 e. The Morgan fingerprint density at radius 2 is 1.63 bits per heavy atom. The molecule has 0 radical (unpaired) electrons. The van der Waals surface area contributed by atoms with Crippen molar-refractivity contribution in [3.8, 4) is 0 Å². The van der Waals surface area contributed by atoms with Crippen molar-refractivity contribution in [2.24, 2.45) is 0 Å². The maximum absolute atomic E-state index is 13.5. The molecule has 3 amide bonds. The highest BCUT2D eigenvalue weighted by molar-refractivity contribution is 5.92. The number of amides is 3. The molecular formula is C28H28N3O4-. The smallest absolute Gasteiger partial charge is 0.319 e. The predicted molar refractivity (Wildman–Crippen MR) is 131 cm³/mol. The maximum atomic E-state index is 13.5. The van der Waals surface area contributed by atoms with Crippen LogP contribution in [0.4, 0.5) is 10.5 Å². The molecule has 1 aliphatic rings. The first-order valence-electron chi connectivity index (χ1n) is 11.7. The third-order valence-corrected chi connectivity index (χ3v) is 6.34. The molecule has 7 heteroatoms. The van der Waals surface area contributed by atoms with Gasteiger partial charge in [-0.25, -0.2) is 4.79 Å². The van der Waals surface area contributed by atoms with Crippen molar-refractivity contribution in [1.82, 2.24) is 10.2 Å². The summed E-state index contributed by atoms with van der Waals surface area (Å²) in [5.41, 5.74) is 4.28. The molecule has 1 aliphatic heterocycles. The Morgan fingerprint density at radius 3 is 2.37 bits per heavy atom. The molecule has 1 heterocycles. The van der Waals surface area contributed by atoms with Crippen molar-refractivity contribution >= 4 is 23.6 Å². The van der Waals surface area contributed by atoms with Crippen molar-refractivity contribution in [2.75, 3.05) is 11.9 Å². The second-order valence-electron chi connectivity index (χ2n) is 8.73. The molecule has 0 saturated carbocycles. The van der Waals surface area contributed by atoms with E-state index in [2.05, 4.69) is 16.7 Å². The number of nitrogens with one attached hydrogen (secondary N) is 2. The molecule has 0 spiro atoms. The zero-order valence-corrected chi connectivity index (χ0v) is 19.6. The quantitative estimate of drug-likeness (QED) is 0.552. The lowest BCUT2D eigenvalue weighted by molar-refractivity contribution is -0.304. The number of carboxylic acids is 1. The Bertz CT molecular complexity index is 1210. The van der Waals surface area contributed by atoms with Crippen molar-refractivity contribution in [2.45, 2.75) is 38.3 Å². The molecule has 180 valence electrons. The number of rotatable bonds is 7. The number of aliphatic carboxylic acids is 1. The van der Waals surface area contributed by atoms with Crippen LogP contribution in [0.2, 0.25) is 0 Å². The number of anilines is 1. The van der Waals surface area contributed by atoms with Crippen molar-refractivity contribution in [1.29, 1.82) is 0 Å². The van der Waals surface area contributed by atoms with Gasteiger partial charge in [-0.05, 0) is 54.2 Å². The van der Waals surface area contributed by atoms with Crippen LogP contribution >= 0.6 is 0 Å². The number of carbonyl (C=O) groups is 3. The van der Waals surface area contributed by atoms with Gasteiger partial charge in [-0.15, -0.1) is 0 Å². The van der Waals surface area contributed by atoms with Gasteiger partial charge in [-0.3, -0.25) is 4.79 Å². The monoisotopic (exact) mass is 470 g/mol. The molecule has 1 saturated heterocycles. The lowest BCUT2D eigenvalue weighted by Gasteiger charge is -2.32. The zero-order valence-electron chi connectivity index (χ0n) is 19.6. The molecule has 2 atom stereocenters. The molecule has 0 aliphatic carbocycles. The van der Waals surface area contributed by atoms with Gasteiger partial charge in [0.25, 0.3) is 0 Å². The Labute approximate surface area is 204 Å². The van der Waals surface area contributed by atoms with Crippen LogP contribution in [0.3, 0.4) is 0 Å². The topological polar surface area (TPSA) is 102 Å². The second-order valence-corrected chi connectivity index (χ2v) is 8.73. The van der Waals surface area contributed by atoms with E-state index in [1.54, 1.807) is 24.3 Å². The highest BCUT2D eigenvalue weighted by Crippen LogP contribution is 2.44. The fourth-order valence-electron chi connectivity index (χ4n) is 4.78. The lowest BCUT2D eigenvalue weighted by Crippen LogP contribution is -2.42. The summed E-state index contributed by atoms with van der Waals surface area (Å²) in [6.45, 7) is 1.89. The molecule has 2 N–H and O–H groups in total. The zero-order chi connectivity index (χ0) is 24.8. The summed E-state index contributed by atoms with van der Waals surface area (Å²) >= 11 is 0. The van der Waals surface area contributed by atoms with E-state index in [0.29, 0.717) is 11.3 Å². The summed E-state index contributed by atoms with van der Waals surface area (Å²) in [6.07, 6.45) is 1.44. The van der Waals surface area contributed by atoms with Gasteiger partial charge in [-0.2, -0.15) is 0 Å². The van der Waals surface area contributed by atoms with Crippen LogP contribution in [-0.4, -0.2) is 29.4 Å². The maximum Gasteiger partial charge on any atom is 0.319 e. The van der Waals surface area contributed by atoms with E-state index in [1.165, 1.54) is 0 Å². The van der Waals surface area contributed by atoms with Crippen LogP contribution in [0.5, 0.6) is 0 Å². The summed E-state index contributed by atoms with van der Waals surface area (Å²) < 4.78 is 0. The first-order chi connectivity index (χ1) is 16.9. The van der Waals surface area contributed by atoms with E-state index in [4.69, 9.17) is 0 Å². The Morgan fingerprint density at radius 1 is 0.914 bits per heavy atom. The average Bonchev–Trinajstić information content (AvgIpc) is 3.28.